The highest BCUT2D eigenvalue weighted by Gasteiger charge is 2.13. The van der Waals surface area contributed by atoms with Gasteiger partial charge < -0.3 is 15.0 Å². The maximum Gasteiger partial charge on any atom is 0.338 e. The summed E-state index contributed by atoms with van der Waals surface area (Å²) in [4.78, 5) is 18.1. The molecule has 0 unspecified atom stereocenters. The predicted molar refractivity (Wildman–Crippen MR) is 119 cm³/mol. The third kappa shape index (κ3) is 6.12. The zero-order valence-corrected chi connectivity index (χ0v) is 17.1. The van der Waals surface area contributed by atoms with Crippen molar-refractivity contribution in [3.63, 3.8) is 0 Å². The monoisotopic (exact) mass is 405 g/mol. The van der Waals surface area contributed by atoms with Crippen LogP contribution in [0.5, 0.6) is 0 Å². The van der Waals surface area contributed by atoms with Crippen molar-refractivity contribution >= 4 is 29.0 Å². The molecule has 0 aliphatic heterocycles. The molecule has 0 saturated heterocycles. The second-order valence-electron chi connectivity index (χ2n) is 6.43. The largest absolute Gasteiger partial charge is 0.462 e. The highest BCUT2D eigenvalue weighted by Crippen LogP contribution is 2.15. The standard InChI is InChI=1S/C23H23N3O2S/c1-2-28-22(27)20-10-12-21(13-11-20)25-23(29)26(16-18-7-4-3-5-8-18)17-19-9-6-14-24-15-19/h3-15H,2,16-17H2,1H3,(H,25,29). The molecule has 0 saturated carbocycles. The molecule has 0 radical (unpaired) electrons. The van der Waals surface area contributed by atoms with Gasteiger partial charge >= 0.3 is 5.97 Å². The molecule has 0 bridgehead atoms. The van der Waals surface area contributed by atoms with Gasteiger partial charge in [0.2, 0.25) is 0 Å². The summed E-state index contributed by atoms with van der Waals surface area (Å²) in [6.45, 7) is 3.44. The molecule has 0 atom stereocenters. The number of aromatic nitrogens is 1. The fraction of sp³-hybridized carbons (Fsp3) is 0.174. The number of hydrogen-bond donors (Lipinski definition) is 1. The number of ether oxygens (including phenoxy) is 1. The van der Waals surface area contributed by atoms with E-state index >= 15 is 0 Å². The molecule has 148 valence electrons. The van der Waals surface area contributed by atoms with E-state index in [-0.39, 0.29) is 5.97 Å². The Hall–Kier alpha value is -3.25. The lowest BCUT2D eigenvalue weighted by atomic mass is 10.2. The maximum absolute atomic E-state index is 11.8. The van der Waals surface area contributed by atoms with E-state index in [9.17, 15) is 4.79 Å². The molecule has 1 heterocycles. The van der Waals surface area contributed by atoms with Crippen molar-refractivity contribution in [2.75, 3.05) is 11.9 Å². The van der Waals surface area contributed by atoms with Gasteiger partial charge in [0.1, 0.15) is 0 Å². The average molecular weight is 406 g/mol. The Labute approximate surface area is 176 Å². The van der Waals surface area contributed by atoms with Crippen molar-refractivity contribution in [1.82, 2.24) is 9.88 Å². The predicted octanol–water partition coefficient (Wildman–Crippen LogP) is 4.66. The lowest BCUT2D eigenvalue weighted by molar-refractivity contribution is 0.0526. The first kappa shape index (κ1) is 20.5. The molecule has 3 rings (SSSR count). The van der Waals surface area contributed by atoms with Crippen LogP contribution >= 0.6 is 12.2 Å². The molecule has 6 heteroatoms. The molecular formula is C23H23N3O2S. The Kier molecular flexibility index (Phi) is 7.30. The van der Waals surface area contributed by atoms with Crippen molar-refractivity contribution in [2.45, 2.75) is 20.0 Å². The number of nitrogens with one attached hydrogen (secondary N) is 1. The Bertz CT molecular complexity index is 890. The van der Waals surface area contributed by atoms with E-state index < -0.39 is 0 Å². The lowest BCUT2D eigenvalue weighted by Crippen LogP contribution is -2.33. The molecule has 29 heavy (non-hydrogen) atoms. The number of benzene rings is 2. The van der Waals surface area contributed by atoms with Crippen molar-refractivity contribution in [2.24, 2.45) is 0 Å². The first-order valence-corrected chi connectivity index (χ1v) is 9.82. The molecule has 0 aliphatic rings. The van der Waals surface area contributed by atoms with Gasteiger partial charge in [-0.15, -0.1) is 0 Å². The Balaban J connectivity index is 1.72. The molecule has 1 N–H and O–H groups in total. The number of anilines is 1. The quantitative estimate of drug-likeness (QED) is 0.456. The van der Waals surface area contributed by atoms with E-state index in [2.05, 4.69) is 27.3 Å². The van der Waals surface area contributed by atoms with Crippen LogP contribution in [-0.2, 0) is 17.8 Å². The molecule has 5 nitrogen and oxygen atoms in total. The summed E-state index contributed by atoms with van der Waals surface area (Å²) in [5, 5.41) is 3.86. The fourth-order valence-electron chi connectivity index (χ4n) is 2.82. The molecule has 1 aromatic heterocycles. The molecule has 3 aromatic rings. The van der Waals surface area contributed by atoms with Crippen LogP contribution < -0.4 is 5.32 Å². The molecule has 0 fully saturated rings. The first-order chi connectivity index (χ1) is 14.2. The SMILES string of the molecule is CCOC(=O)c1ccc(NC(=S)N(Cc2ccccc2)Cc2cccnc2)cc1. The second kappa shape index (κ2) is 10.3. The van der Waals surface area contributed by atoms with Crippen LogP contribution in [0.25, 0.3) is 0 Å². The van der Waals surface area contributed by atoms with Gasteiger partial charge in [0.25, 0.3) is 0 Å². The van der Waals surface area contributed by atoms with E-state index in [1.807, 2.05) is 48.7 Å². The molecule has 0 spiro atoms. The van der Waals surface area contributed by atoms with E-state index in [0.29, 0.717) is 30.4 Å². The van der Waals surface area contributed by atoms with Crippen LogP contribution in [-0.4, -0.2) is 27.6 Å². The van der Waals surface area contributed by atoms with Crippen molar-refractivity contribution in [3.05, 3.63) is 95.8 Å². The van der Waals surface area contributed by atoms with E-state index in [1.54, 1.807) is 25.3 Å². The number of carbonyl (C=O) groups excluding carboxylic acids is 1. The third-order valence-electron chi connectivity index (χ3n) is 4.25. The zero-order valence-electron chi connectivity index (χ0n) is 16.2. The van der Waals surface area contributed by atoms with Crippen LogP contribution in [0, 0.1) is 0 Å². The van der Waals surface area contributed by atoms with Crippen LogP contribution in [0.3, 0.4) is 0 Å². The summed E-state index contributed by atoms with van der Waals surface area (Å²) in [6, 6.07) is 21.2. The van der Waals surface area contributed by atoms with E-state index in [1.165, 1.54) is 0 Å². The number of nitrogens with zero attached hydrogens (tertiary/aromatic N) is 2. The fourth-order valence-corrected chi connectivity index (χ4v) is 3.07. The summed E-state index contributed by atoms with van der Waals surface area (Å²) in [5.74, 6) is -0.330. The number of carbonyl (C=O) groups is 1. The first-order valence-electron chi connectivity index (χ1n) is 9.41. The maximum atomic E-state index is 11.8. The van der Waals surface area contributed by atoms with Gasteiger partial charge in [0.05, 0.1) is 12.2 Å². The second-order valence-corrected chi connectivity index (χ2v) is 6.82. The highest BCUT2D eigenvalue weighted by atomic mass is 32.1. The average Bonchev–Trinajstić information content (AvgIpc) is 2.75. The third-order valence-corrected chi connectivity index (χ3v) is 4.61. The topological polar surface area (TPSA) is 54.5 Å². The summed E-state index contributed by atoms with van der Waals surface area (Å²) in [6.07, 6.45) is 3.60. The molecule has 0 aliphatic carbocycles. The van der Waals surface area contributed by atoms with Crippen LogP contribution in [0.4, 0.5) is 5.69 Å². The van der Waals surface area contributed by atoms with E-state index in [0.717, 1.165) is 16.8 Å². The summed E-state index contributed by atoms with van der Waals surface area (Å²) < 4.78 is 5.02. The van der Waals surface area contributed by atoms with Crippen molar-refractivity contribution < 1.29 is 9.53 Å². The number of pyridine rings is 1. The normalized spacial score (nSPS) is 10.2. The van der Waals surface area contributed by atoms with Crippen LogP contribution in [0.2, 0.25) is 0 Å². The van der Waals surface area contributed by atoms with Crippen LogP contribution in [0.15, 0.2) is 79.1 Å². The van der Waals surface area contributed by atoms with Crippen molar-refractivity contribution in [3.8, 4) is 0 Å². The molecular weight excluding hydrogens is 382 g/mol. The summed E-state index contributed by atoms with van der Waals surface area (Å²) >= 11 is 5.68. The lowest BCUT2D eigenvalue weighted by Gasteiger charge is -2.26. The summed E-state index contributed by atoms with van der Waals surface area (Å²) in [5.41, 5.74) is 3.57. The minimum atomic E-state index is -0.330. The molecule has 2 aromatic carbocycles. The Morgan fingerprint density at radius 1 is 1.00 bits per heavy atom. The summed E-state index contributed by atoms with van der Waals surface area (Å²) in [7, 11) is 0. The smallest absolute Gasteiger partial charge is 0.338 e. The number of rotatable bonds is 7. The number of esters is 1. The minimum Gasteiger partial charge on any atom is -0.462 e. The van der Waals surface area contributed by atoms with Gasteiger partial charge in [-0.05, 0) is 60.6 Å². The van der Waals surface area contributed by atoms with Crippen molar-refractivity contribution in [1.29, 1.82) is 0 Å². The Morgan fingerprint density at radius 2 is 1.69 bits per heavy atom. The van der Waals surface area contributed by atoms with Gasteiger partial charge in [-0.3, -0.25) is 4.98 Å². The molecule has 0 amide bonds. The van der Waals surface area contributed by atoms with Gasteiger partial charge in [0.15, 0.2) is 5.11 Å². The van der Waals surface area contributed by atoms with E-state index in [4.69, 9.17) is 17.0 Å². The van der Waals surface area contributed by atoms with Gasteiger partial charge in [-0.25, -0.2) is 4.79 Å². The van der Waals surface area contributed by atoms with Gasteiger partial charge in [0, 0.05) is 31.2 Å². The van der Waals surface area contributed by atoms with Gasteiger partial charge in [-0.2, -0.15) is 0 Å². The highest BCUT2D eigenvalue weighted by molar-refractivity contribution is 7.80. The van der Waals surface area contributed by atoms with Crippen LogP contribution in [0.1, 0.15) is 28.4 Å². The van der Waals surface area contributed by atoms with Gasteiger partial charge in [-0.1, -0.05) is 36.4 Å². The Morgan fingerprint density at radius 3 is 2.34 bits per heavy atom. The zero-order chi connectivity index (χ0) is 20.5. The number of thiocarbonyl (C=S) groups is 1. The minimum absolute atomic E-state index is 0.330. The number of hydrogen-bond acceptors (Lipinski definition) is 4.